The van der Waals surface area contributed by atoms with Gasteiger partial charge in [0.15, 0.2) is 0 Å². The van der Waals surface area contributed by atoms with Gasteiger partial charge in [0.05, 0.1) is 5.41 Å². The van der Waals surface area contributed by atoms with Crippen LogP contribution in [0, 0.1) is 0 Å². The second kappa shape index (κ2) is 7.28. The number of hydrogen-bond acceptors (Lipinski definition) is 3. The molecule has 1 aromatic carbocycles. The number of carbonyl (C=O) groups excluding carboxylic acids is 2. The summed E-state index contributed by atoms with van der Waals surface area (Å²) in [6, 6.07) is 8.57. The molecule has 1 aromatic rings. The number of fused-ring (bicyclic) bond motifs is 2. The summed E-state index contributed by atoms with van der Waals surface area (Å²) < 4.78 is 0. The summed E-state index contributed by atoms with van der Waals surface area (Å²) in [4.78, 5) is 29.9. The van der Waals surface area contributed by atoms with Crippen LogP contribution >= 0.6 is 0 Å². The molecule has 4 nitrogen and oxygen atoms in total. The zero-order chi connectivity index (χ0) is 18.0. The fraction of sp³-hybridized carbons (Fsp3) is 0.619. The Labute approximate surface area is 151 Å². The molecular formula is C21H30N2O2. The third-order valence-electron chi connectivity index (χ3n) is 6.20. The topological polar surface area (TPSA) is 40.6 Å². The molecule has 1 aliphatic carbocycles. The van der Waals surface area contributed by atoms with Crippen LogP contribution in [0.3, 0.4) is 0 Å². The molecule has 1 heterocycles. The van der Waals surface area contributed by atoms with Crippen molar-refractivity contribution in [1.29, 1.82) is 0 Å². The summed E-state index contributed by atoms with van der Waals surface area (Å²) in [6.07, 6.45) is 3.99. The van der Waals surface area contributed by atoms with Gasteiger partial charge in [-0.05, 0) is 56.8 Å². The zero-order valence-corrected chi connectivity index (χ0v) is 15.8. The molecule has 1 aliphatic heterocycles. The first-order valence-corrected chi connectivity index (χ1v) is 9.70. The number of carbonyl (C=O) groups is 2. The van der Waals surface area contributed by atoms with Gasteiger partial charge in [-0.2, -0.15) is 0 Å². The van der Waals surface area contributed by atoms with E-state index >= 15 is 0 Å². The highest BCUT2D eigenvalue weighted by Crippen LogP contribution is 2.45. The lowest BCUT2D eigenvalue weighted by Crippen LogP contribution is -2.42. The van der Waals surface area contributed by atoms with Crippen molar-refractivity contribution in [2.24, 2.45) is 0 Å². The van der Waals surface area contributed by atoms with E-state index in [0.717, 1.165) is 44.3 Å². The Morgan fingerprint density at radius 1 is 1.20 bits per heavy atom. The fourth-order valence-electron chi connectivity index (χ4n) is 4.70. The quantitative estimate of drug-likeness (QED) is 0.746. The Hall–Kier alpha value is -1.68. The highest BCUT2D eigenvalue weighted by Gasteiger charge is 2.53. The number of likely N-dealkylation sites (tertiary alicyclic amines) is 1. The minimum absolute atomic E-state index is 0.00782. The van der Waals surface area contributed by atoms with E-state index in [1.165, 1.54) is 5.56 Å². The van der Waals surface area contributed by atoms with E-state index in [1.54, 1.807) is 4.90 Å². The van der Waals surface area contributed by atoms with Crippen LogP contribution in [0.25, 0.3) is 0 Å². The highest BCUT2D eigenvalue weighted by molar-refractivity contribution is 6.09. The van der Waals surface area contributed by atoms with Gasteiger partial charge in [-0.15, -0.1) is 0 Å². The molecule has 0 N–H and O–H groups in total. The van der Waals surface area contributed by atoms with Crippen molar-refractivity contribution in [2.45, 2.75) is 64.3 Å². The van der Waals surface area contributed by atoms with Gasteiger partial charge < -0.3 is 4.90 Å². The van der Waals surface area contributed by atoms with E-state index in [2.05, 4.69) is 37.8 Å². The third-order valence-corrected chi connectivity index (χ3v) is 6.20. The maximum absolute atomic E-state index is 13.3. The van der Waals surface area contributed by atoms with Crippen molar-refractivity contribution in [3.05, 3.63) is 35.4 Å². The standard InChI is InChI=1S/C21H30N2O2/c1-4-22(5-2)16(3)12-14-23-19(24)15-21(20(23)25)13-8-10-17-9-6-7-11-18(17)21/h6-7,9,11,16H,4-5,8,10,12-15H2,1-3H3/t16-,21-/m0/s1. The first-order valence-electron chi connectivity index (χ1n) is 9.70. The lowest BCUT2D eigenvalue weighted by Gasteiger charge is -2.33. The van der Waals surface area contributed by atoms with Crippen LogP contribution < -0.4 is 0 Å². The monoisotopic (exact) mass is 342 g/mol. The third kappa shape index (κ3) is 3.12. The molecule has 1 saturated heterocycles. The smallest absolute Gasteiger partial charge is 0.240 e. The minimum Gasteiger partial charge on any atom is -0.301 e. The summed E-state index contributed by atoms with van der Waals surface area (Å²) in [6.45, 7) is 9.02. The SMILES string of the molecule is CCN(CC)[C@@H](C)CCN1C(=O)C[C@]2(CCCc3ccccc32)C1=O. The Kier molecular flexibility index (Phi) is 5.28. The maximum atomic E-state index is 13.3. The van der Waals surface area contributed by atoms with Gasteiger partial charge in [-0.1, -0.05) is 38.1 Å². The maximum Gasteiger partial charge on any atom is 0.240 e. The Morgan fingerprint density at radius 3 is 2.64 bits per heavy atom. The Balaban J connectivity index is 1.78. The normalized spacial score (nSPS) is 24.2. The predicted octanol–water partition coefficient (Wildman–Crippen LogP) is 3.14. The van der Waals surface area contributed by atoms with Crippen molar-refractivity contribution >= 4 is 11.8 Å². The highest BCUT2D eigenvalue weighted by atomic mass is 16.2. The van der Waals surface area contributed by atoms with Gasteiger partial charge in [0.25, 0.3) is 0 Å². The average molecular weight is 342 g/mol. The molecule has 0 bridgehead atoms. The van der Waals surface area contributed by atoms with Gasteiger partial charge in [0.1, 0.15) is 0 Å². The molecule has 4 heteroatoms. The lowest BCUT2D eigenvalue weighted by molar-refractivity contribution is -0.140. The number of hydrogen-bond donors (Lipinski definition) is 0. The van der Waals surface area contributed by atoms with Crippen LogP contribution in [-0.4, -0.2) is 47.3 Å². The van der Waals surface area contributed by atoms with Crippen molar-refractivity contribution in [2.75, 3.05) is 19.6 Å². The van der Waals surface area contributed by atoms with Crippen molar-refractivity contribution < 1.29 is 9.59 Å². The van der Waals surface area contributed by atoms with Crippen LogP contribution in [0.5, 0.6) is 0 Å². The molecule has 1 fully saturated rings. The molecule has 25 heavy (non-hydrogen) atoms. The molecular weight excluding hydrogens is 312 g/mol. The zero-order valence-electron chi connectivity index (χ0n) is 15.8. The largest absolute Gasteiger partial charge is 0.301 e. The summed E-state index contributed by atoms with van der Waals surface area (Å²) in [5.74, 6) is 0.0462. The molecule has 0 saturated carbocycles. The number of benzene rings is 1. The molecule has 0 radical (unpaired) electrons. The van der Waals surface area contributed by atoms with E-state index in [0.29, 0.717) is 19.0 Å². The molecule has 0 unspecified atom stereocenters. The van der Waals surface area contributed by atoms with Crippen LogP contribution in [0.15, 0.2) is 24.3 Å². The van der Waals surface area contributed by atoms with E-state index in [9.17, 15) is 9.59 Å². The molecule has 2 amide bonds. The first-order chi connectivity index (χ1) is 12.0. The van der Waals surface area contributed by atoms with Gasteiger partial charge in [0.2, 0.25) is 11.8 Å². The van der Waals surface area contributed by atoms with Gasteiger partial charge in [0, 0.05) is 19.0 Å². The Morgan fingerprint density at radius 2 is 1.92 bits per heavy atom. The summed E-state index contributed by atoms with van der Waals surface area (Å²) in [7, 11) is 0. The second-order valence-electron chi connectivity index (χ2n) is 7.48. The summed E-state index contributed by atoms with van der Waals surface area (Å²) in [5, 5.41) is 0. The van der Waals surface area contributed by atoms with Crippen LogP contribution in [0.2, 0.25) is 0 Å². The van der Waals surface area contributed by atoms with Crippen molar-refractivity contribution in [3.8, 4) is 0 Å². The molecule has 3 rings (SSSR count). The van der Waals surface area contributed by atoms with Crippen LogP contribution in [-0.2, 0) is 21.4 Å². The Bertz CT molecular complexity index is 653. The van der Waals surface area contributed by atoms with Gasteiger partial charge in [-0.25, -0.2) is 0 Å². The average Bonchev–Trinajstić information content (AvgIpc) is 2.85. The fourth-order valence-corrected chi connectivity index (χ4v) is 4.70. The van der Waals surface area contributed by atoms with E-state index in [-0.39, 0.29) is 11.8 Å². The van der Waals surface area contributed by atoms with Gasteiger partial charge in [-0.3, -0.25) is 14.5 Å². The lowest BCUT2D eigenvalue weighted by atomic mass is 9.69. The minimum atomic E-state index is -0.593. The number of imide groups is 1. The molecule has 1 spiro atoms. The van der Waals surface area contributed by atoms with Crippen molar-refractivity contribution in [3.63, 3.8) is 0 Å². The molecule has 136 valence electrons. The summed E-state index contributed by atoms with van der Waals surface area (Å²) >= 11 is 0. The van der Waals surface area contributed by atoms with Gasteiger partial charge >= 0.3 is 0 Å². The molecule has 2 aliphatic rings. The number of rotatable bonds is 6. The second-order valence-corrected chi connectivity index (χ2v) is 7.48. The predicted molar refractivity (Wildman–Crippen MR) is 99.4 cm³/mol. The number of nitrogens with zero attached hydrogens (tertiary/aromatic N) is 2. The van der Waals surface area contributed by atoms with E-state index in [1.807, 2.05) is 12.1 Å². The van der Waals surface area contributed by atoms with Crippen LogP contribution in [0.4, 0.5) is 0 Å². The van der Waals surface area contributed by atoms with Crippen LogP contribution in [0.1, 0.15) is 57.6 Å². The first kappa shape index (κ1) is 18.1. The van der Waals surface area contributed by atoms with Crippen molar-refractivity contribution in [1.82, 2.24) is 9.80 Å². The molecule has 0 aromatic heterocycles. The number of aryl methyl sites for hydroxylation is 1. The van der Waals surface area contributed by atoms with E-state index < -0.39 is 5.41 Å². The molecule has 2 atom stereocenters. The van der Waals surface area contributed by atoms with E-state index in [4.69, 9.17) is 0 Å². The number of amides is 2. The summed E-state index contributed by atoms with van der Waals surface area (Å²) in [5.41, 5.74) is 1.75.